The molecule has 448 valence electrons. The lowest BCUT2D eigenvalue weighted by Gasteiger charge is -2.11. The molecule has 0 unspecified atom stereocenters. The fourth-order valence-corrected chi connectivity index (χ4v) is 6.92. The Morgan fingerprint density at radius 2 is 0.523 bits per heavy atom. The first-order valence-corrected chi connectivity index (χ1v) is 26.8. The van der Waals surface area contributed by atoms with Crippen molar-refractivity contribution in [1.82, 2.24) is 0 Å². The first-order chi connectivity index (χ1) is 41.6. The molecule has 86 heavy (non-hydrogen) atoms. The van der Waals surface area contributed by atoms with E-state index in [2.05, 4.69) is 26.3 Å². The Kier molecular flexibility index (Phi) is 27.6. The molecular weight excluding hydrogens is 1110 g/mol. The molecule has 6 aromatic rings. The summed E-state index contributed by atoms with van der Waals surface area (Å²) in [5.41, 5.74) is 2.49. The molecule has 0 N–H and O–H groups in total. The van der Waals surface area contributed by atoms with Crippen molar-refractivity contribution in [3.63, 3.8) is 0 Å². The van der Waals surface area contributed by atoms with E-state index in [0.29, 0.717) is 120 Å². The van der Waals surface area contributed by atoms with Gasteiger partial charge in [-0.2, -0.15) is 0 Å². The van der Waals surface area contributed by atoms with Gasteiger partial charge in [0.2, 0.25) is 0 Å². The second-order valence-corrected chi connectivity index (χ2v) is 17.8. The minimum Gasteiger partial charge on any atom is -0.493 e. The van der Waals surface area contributed by atoms with Gasteiger partial charge in [0.15, 0.2) is 0 Å². The molecule has 0 atom stereocenters. The van der Waals surface area contributed by atoms with E-state index in [1.807, 2.05) is 0 Å². The molecule has 0 radical (unpaired) electrons. The summed E-state index contributed by atoms with van der Waals surface area (Å²) < 4.78 is 63.8. The molecule has 0 fully saturated rings. The third kappa shape index (κ3) is 23.6. The molecule has 0 heterocycles. The normalized spacial score (nSPS) is 10.2. The van der Waals surface area contributed by atoms with Gasteiger partial charge in [-0.25, -0.2) is 38.4 Å². The predicted molar refractivity (Wildman–Crippen MR) is 313 cm³/mol. The molecule has 0 spiro atoms. The van der Waals surface area contributed by atoms with Gasteiger partial charge in [0, 0.05) is 50.0 Å². The van der Waals surface area contributed by atoms with E-state index >= 15 is 0 Å². The van der Waals surface area contributed by atoms with Gasteiger partial charge < -0.3 is 56.8 Å². The van der Waals surface area contributed by atoms with Crippen LogP contribution in [0.5, 0.6) is 46.0 Å². The van der Waals surface area contributed by atoms with Crippen molar-refractivity contribution in [1.29, 1.82) is 0 Å². The monoisotopic (exact) mass is 1180 g/mol. The summed E-state index contributed by atoms with van der Waals surface area (Å²) in [7, 11) is 0. The summed E-state index contributed by atoms with van der Waals surface area (Å²) in [6, 6.07) is 35.1. The Bertz CT molecular complexity index is 3070. The Morgan fingerprint density at radius 3 is 0.744 bits per heavy atom. The van der Waals surface area contributed by atoms with E-state index in [0.717, 1.165) is 24.3 Å². The fraction of sp³-hybridized carbons (Fsp3) is 0.212. The molecule has 0 saturated carbocycles. The van der Waals surface area contributed by atoms with E-state index in [1.165, 1.54) is 12.1 Å². The average molecular weight is 1180 g/mol. The van der Waals surface area contributed by atoms with E-state index < -0.39 is 47.8 Å². The summed E-state index contributed by atoms with van der Waals surface area (Å²) in [5.74, 6) is -0.742. The zero-order valence-corrected chi connectivity index (χ0v) is 47.5. The number of benzene rings is 6. The number of aryl methyl sites for hydroxylation is 2. The minimum absolute atomic E-state index is 0.218. The topological polar surface area (TPSA) is 247 Å². The van der Waals surface area contributed by atoms with E-state index in [4.69, 9.17) is 56.8 Å². The summed E-state index contributed by atoms with van der Waals surface area (Å²) in [5, 5.41) is 0. The summed E-state index contributed by atoms with van der Waals surface area (Å²) >= 11 is 0. The molecular formula is C66H64O20. The lowest BCUT2D eigenvalue weighted by Crippen LogP contribution is -2.11. The third-order valence-corrected chi connectivity index (χ3v) is 11.4. The molecule has 6 rings (SSSR count). The lowest BCUT2D eigenvalue weighted by atomic mass is 10.2. The summed E-state index contributed by atoms with van der Waals surface area (Å²) in [6.07, 6.45) is 6.43. The number of carbonyl (C=O) groups excluding carboxylic acids is 8. The van der Waals surface area contributed by atoms with E-state index in [-0.39, 0.29) is 37.9 Å². The van der Waals surface area contributed by atoms with Gasteiger partial charge >= 0.3 is 47.8 Å². The molecule has 0 aliphatic rings. The Labute approximate surface area is 497 Å². The molecule has 0 aliphatic carbocycles. The van der Waals surface area contributed by atoms with Crippen LogP contribution in [0.4, 0.5) is 0 Å². The van der Waals surface area contributed by atoms with Gasteiger partial charge in [-0.1, -0.05) is 26.3 Å². The Balaban J connectivity index is 0.000000314. The first-order valence-electron chi connectivity index (χ1n) is 26.8. The van der Waals surface area contributed by atoms with Crippen LogP contribution in [0.2, 0.25) is 0 Å². The van der Waals surface area contributed by atoms with Crippen LogP contribution in [-0.2, 0) is 38.1 Å². The minimum atomic E-state index is -0.563. The number of esters is 8. The van der Waals surface area contributed by atoms with Crippen molar-refractivity contribution in [2.24, 2.45) is 0 Å². The third-order valence-electron chi connectivity index (χ3n) is 11.4. The van der Waals surface area contributed by atoms with Gasteiger partial charge in [-0.05, 0) is 158 Å². The predicted octanol–water partition coefficient (Wildman–Crippen LogP) is 10.9. The standard InChI is InChI=1S/2C33H32O10/c2*1-4-30(34)40-20-6-18-38-26-12-8-24(9-13-26)32(36)42-28-16-17-29(23(3)22-28)43-33(37)25-10-14-27(15-11-25)39-19-7-21-41-31(35)5-2/h2*4-5,8-17,22H,1-2,6-7,18-21H2,3H3. The number of rotatable bonds is 32. The number of carbonyl (C=O) groups is 8. The van der Waals surface area contributed by atoms with Crippen molar-refractivity contribution in [2.75, 3.05) is 52.9 Å². The zero-order chi connectivity index (χ0) is 62.1. The average Bonchev–Trinajstić information content (AvgIpc) is 3.65. The van der Waals surface area contributed by atoms with E-state index in [1.54, 1.807) is 135 Å². The summed E-state index contributed by atoms with van der Waals surface area (Å²) in [4.78, 5) is 94.6. The van der Waals surface area contributed by atoms with Crippen LogP contribution in [0.1, 0.15) is 78.2 Å². The van der Waals surface area contributed by atoms with Crippen LogP contribution in [0.25, 0.3) is 0 Å². The maximum absolute atomic E-state index is 12.6. The molecule has 0 amide bonds. The van der Waals surface area contributed by atoms with Crippen LogP contribution >= 0.6 is 0 Å². The molecule has 0 aliphatic heterocycles. The van der Waals surface area contributed by atoms with Crippen LogP contribution in [0, 0.1) is 13.8 Å². The van der Waals surface area contributed by atoms with Gasteiger partial charge in [0.25, 0.3) is 0 Å². The molecule has 0 bridgehead atoms. The fourth-order valence-electron chi connectivity index (χ4n) is 6.92. The van der Waals surface area contributed by atoms with Crippen LogP contribution in [0.15, 0.2) is 184 Å². The molecule has 20 nitrogen and oxygen atoms in total. The second-order valence-electron chi connectivity index (χ2n) is 17.8. The number of ether oxygens (including phenoxy) is 12. The SMILES string of the molecule is C=CC(=O)OCCCOc1ccc(C(=O)Oc2ccc(OC(=O)c3ccc(OCCCOC(=O)C=C)cc3)c(C)c2)cc1.C=CC(=O)OCCCOc1ccc(C(=O)Oc2ccc(OC(=O)c3ccc(OCCCOC(=O)C=C)cc3)c(C)c2)cc1. The summed E-state index contributed by atoms with van der Waals surface area (Å²) in [6.45, 7) is 19.0. The van der Waals surface area contributed by atoms with Crippen LogP contribution < -0.4 is 37.9 Å². The highest BCUT2D eigenvalue weighted by molar-refractivity contribution is 5.93. The molecule has 0 saturated heterocycles. The maximum Gasteiger partial charge on any atom is 0.343 e. The van der Waals surface area contributed by atoms with Crippen molar-refractivity contribution in [2.45, 2.75) is 39.5 Å². The quantitative estimate of drug-likeness (QED) is 0.0125. The number of hydrogen-bond acceptors (Lipinski definition) is 20. The Hall–Kier alpha value is -10.8. The molecule has 6 aromatic carbocycles. The highest BCUT2D eigenvalue weighted by atomic mass is 16.6. The van der Waals surface area contributed by atoms with Crippen molar-refractivity contribution < 1.29 is 95.2 Å². The lowest BCUT2D eigenvalue weighted by molar-refractivity contribution is -0.138. The second kappa shape index (κ2) is 36.0. The molecule has 20 heteroatoms. The first kappa shape index (κ1) is 66.0. The highest BCUT2D eigenvalue weighted by Crippen LogP contribution is 2.28. The highest BCUT2D eigenvalue weighted by Gasteiger charge is 2.17. The largest absolute Gasteiger partial charge is 0.493 e. The van der Waals surface area contributed by atoms with Crippen molar-refractivity contribution in [3.05, 3.63) is 217 Å². The van der Waals surface area contributed by atoms with Crippen molar-refractivity contribution in [3.8, 4) is 46.0 Å². The maximum atomic E-state index is 12.6. The van der Waals surface area contributed by atoms with Crippen molar-refractivity contribution >= 4 is 47.8 Å². The smallest absolute Gasteiger partial charge is 0.343 e. The van der Waals surface area contributed by atoms with Gasteiger partial charge in [-0.3, -0.25) is 0 Å². The van der Waals surface area contributed by atoms with Crippen LogP contribution in [-0.4, -0.2) is 101 Å². The van der Waals surface area contributed by atoms with Gasteiger partial charge in [0.1, 0.15) is 46.0 Å². The number of hydrogen-bond donors (Lipinski definition) is 0. The van der Waals surface area contributed by atoms with Gasteiger partial charge in [-0.15, -0.1) is 0 Å². The Morgan fingerprint density at radius 1 is 0.302 bits per heavy atom. The van der Waals surface area contributed by atoms with Gasteiger partial charge in [0.05, 0.1) is 75.1 Å². The zero-order valence-electron chi connectivity index (χ0n) is 47.5. The van der Waals surface area contributed by atoms with E-state index in [9.17, 15) is 38.4 Å². The molecule has 0 aromatic heterocycles. The van der Waals surface area contributed by atoms with Crippen LogP contribution in [0.3, 0.4) is 0 Å².